The maximum Gasteiger partial charge on any atom is 0.347 e. The first-order chi connectivity index (χ1) is 17.6. The number of carbonyl (C=O) groups excluding carboxylic acids is 2. The molecule has 194 valence electrons. The van der Waals surface area contributed by atoms with E-state index in [1.165, 1.54) is 4.90 Å². The Labute approximate surface area is 225 Å². The number of halogens is 2. The van der Waals surface area contributed by atoms with E-state index in [0.29, 0.717) is 39.4 Å². The number of ether oxygens (including phenoxy) is 1. The highest BCUT2D eigenvalue weighted by atomic mass is 35.5. The molecule has 37 heavy (non-hydrogen) atoms. The lowest BCUT2D eigenvalue weighted by molar-refractivity contribution is -0.0947. The lowest BCUT2D eigenvalue weighted by Gasteiger charge is -2.38. The van der Waals surface area contributed by atoms with Crippen LogP contribution < -0.4 is 15.0 Å². The number of hydrogen-bond acceptors (Lipinski definition) is 4. The summed E-state index contributed by atoms with van der Waals surface area (Å²) in [5, 5.41) is 15.2. The number of rotatable bonds is 7. The molecule has 10 heteroatoms. The van der Waals surface area contributed by atoms with Crippen molar-refractivity contribution in [3.63, 3.8) is 0 Å². The van der Waals surface area contributed by atoms with Crippen LogP contribution in [0.1, 0.15) is 19.4 Å². The zero-order valence-corrected chi connectivity index (χ0v) is 22.2. The van der Waals surface area contributed by atoms with Gasteiger partial charge in [0.25, 0.3) is 0 Å². The SMILES string of the molecule is COc1ccc(CCN2C(=O)N(c3cccc(Cl)c3)C(N(O)C(=O)Nc3cccc(Cl)c3)C2(C)C)cc1. The van der Waals surface area contributed by atoms with E-state index in [2.05, 4.69) is 5.32 Å². The molecule has 0 aliphatic carbocycles. The second kappa shape index (κ2) is 10.9. The van der Waals surface area contributed by atoms with E-state index in [0.717, 1.165) is 11.3 Å². The molecule has 3 aromatic rings. The van der Waals surface area contributed by atoms with E-state index >= 15 is 0 Å². The Morgan fingerprint density at radius 1 is 1.05 bits per heavy atom. The second-order valence-electron chi connectivity index (χ2n) is 9.19. The quantitative estimate of drug-likeness (QED) is 0.263. The van der Waals surface area contributed by atoms with Crippen LogP contribution in [0.3, 0.4) is 0 Å². The molecule has 1 aliphatic rings. The van der Waals surface area contributed by atoms with Crippen LogP contribution in [-0.4, -0.2) is 52.6 Å². The van der Waals surface area contributed by atoms with Crippen LogP contribution in [0, 0.1) is 0 Å². The first kappa shape index (κ1) is 26.6. The fourth-order valence-corrected chi connectivity index (χ4v) is 4.87. The molecule has 1 unspecified atom stereocenters. The minimum atomic E-state index is -1.06. The van der Waals surface area contributed by atoms with Gasteiger partial charge in [0.15, 0.2) is 6.17 Å². The fraction of sp³-hybridized carbons (Fsp3) is 0.259. The zero-order chi connectivity index (χ0) is 26.7. The lowest BCUT2D eigenvalue weighted by Crippen LogP contribution is -2.58. The molecule has 4 rings (SSSR count). The van der Waals surface area contributed by atoms with Crippen molar-refractivity contribution in [1.82, 2.24) is 9.96 Å². The molecule has 1 heterocycles. The highest BCUT2D eigenvalue weighted by Crippen LogP contribution is 2.38. The number of methoxy groups -OCH3 is 1. The van der Waals surface area contributed by atoms with Crippen molar-refractivity contribution in [2.75, 3.05) is 23.9 Å². The smallest absolute Gasteiger partial charge is 0.347 e. The van der Waals surface area contributed by atoms with E-state index in [9.17, 15) is 14.8 Å². The topological polar surface area (TPSA) is 85.3 Å². The van der Waals surface area contributed by atoms with Crippen molar-refractivity contribution < 1.29 is 19.5 Å². The van der Waals surface area contributed by atoms with Gasteiger partial charge in [-0.15, -0.1) is 0 Å². The number of amides is 4. The largest absolute Gasteiger partial charge is 0.497 e. The normalized spacial score (nSPS) is 16.6. The third kappa shape index (κ3) is 5.61. The number of hydrogen-bond donors (Lipinski definition) is 2. The summed E-state index contributed by atoms with van der Waals surface area (Å²) in [6, 6.07) is 19.7. The Bertz CT molecular complexity index is 1290. The van der Waals surface area contributed by atoms with Gasteiger partial charge in [-0.3, -0.25) is 10.1 Å². The Balaban J connectivity index is 1.64. The average molecular weight is 543 g/mol. The van der Waals surface area contributed by atoms with Crippen LogP contribution in [-0.2, 0) is 6.42 Å². The van der Waals surface area contributed by atoms with Crippen molar-refractivity contribution in [3.05, 3.63) is 88.4 Å². The summed E-state index contributed by atoms with van der Waals surface area (Å²) in [6.45, 7) is 3.98. The maximum atomic E-state index is 13.8. The Morgan fingerprint density at radius 2 is 1.70 bits per heavy atom. The molecule has 8 nitrogen and oxygen atoms in total. The minimum Gasteiger partial charge on any atom is -0.497 e. The van der Waals surface area contributed by atoms with Crippen LogP contribution in [0.15, 0.2) is 72.8 Å². The summed E-state index contributed by atoms with van der Waals surface area (Å²) in [4.78, 5) is 30.0. The number of urea groups is 2. The van der Waals surface area contributed by atoms with Crippen molar-refractivity contribution in [1.29, 1.82) is 0 Å². The summed E-state index contributed by atoms with van der Waals surface area (Å²) >= 11 is 12.3. The maximum absolute atomic E-state index is 13.8. The zero-order valence-electron chi connectivity index (χ0n) is 20.7. The monoisotopic (exact) mass is 542 g/mol. The molecular weight excluding hydrogens is 515 g/mol. The van der Waals surface area contributed by atoms with E-state index in [-0.39, 0.29) is 6.03 Å². The molecule has 3 aromatic carbocycles. The predicted molar refractivity (Wildman–Crippen MR) is 145 cm³/mol. The van der Waals surface area contributed by atoms with Gasteiger partial charge in [0.2, 0.25) is 0 Å². The molecular formula is C27H28Cl2N4O4. The van der Waals surface area contributed by atoms with E-state index in [4.69, 9.17) is 27.9 Å². The molecule has 1 saturated heterocycles. The van der Waals surface area contributed by atoms with E-state index < -0.39 is 17.7 Å². The third-order valence-corrected chi connectivity index (χ3v) is 6.86. The van der Waals surface area contributed by atoms with Gasteiger partial charge in [0.05, 0.1) is 12.6 Å². The standard InChI is InChI=1S/C27H28Cl2N4O4/c1-27(2)24(33(36)25(34)30-21-8-4-6-19(28)16-21)32(22-9-5-7-20(29)17-22)26(35)31(27)15-14-18-10-12-23(37-3)13-11-18/h4-13,16-17,24,36H,14-15H2,1-3H3,(H,30,34). The Morgan fingerprint density at radius 3 is 2.32 bits per heavy atom. The molecule has 0 saturated carbocycles. The predicted octanol–water partition coefficient (Wildman–Crippen LogP) is 6.51. The van der Waals surface area contributed by atoms with Crippen molar-refractivity contribution in [2.45, 2.75) is 32.0 Å². The number of carbonyl (C=O) groups is 2. The molecule has 0 aromatic heterocycles. The Kier molecular flexibility index (Phi) is 7.82. The molecule has 0 radical (unpaired) electrons. The molecule has 1 aliphatic heterocycles. The third-order valence-electron chi connectivity index (χ3n) is 6.39. The van der Waals surface area contributed by atoms with Crippen LogP contribution in [0.4, 0.5) is 21.0 Å². The van der Waals surface area contributed by atoms with Gasteiger partial charge in [-0.05, 0) is 74.4 Å². The van der Waals surface area contributed by atoms with Crippen molar-refractivity contribution >= 4 is 46.6 Å². The van der Waals surface area contributed by atoms with Gasteiger partial charge >= 0.3 is 12.1 Å². The highest BCUT2D eigenvalue weighted by Gasteiger charge is 2.55. The summed E-state index contributed by atoms with van der Waals surface area (Å²) in [5.41, 5.74) is 0.898. The highest BCUT2D eigenvalue weighted by molar-refractivity contribution is 6.31. The molecule has 1 atom stereocenters. The number of anilines is 2. The van der Waals surface area contributed by atoms with Gasteiger partial charge in [-0.2, -0.15) is 5.06 Å². The summed E-state index contributed by atoms with van der Waals surface area (Å²) in [6.07, 6.45) is -0.497. The number of nitrogens with one attached hydrogen (secondary N) is 1. The molecule has 0 bridgehead atoms. The fourth-order valence-electron chi connectivity index (χ4n) is 4.50. The van der Waals surface area contributed by atoms with E-state index in [1.54, 1.807) is 60.5 Å². The summed E-state index contributed by atoms with van der Waals surface area (Å²) in [7, 11) is 1.61. The number of benzene rings is 3. The first-order valence-corrected chi connectivity index (χ1v) is 12.4. The van der Waals surface area contributed by atoms with Crippen LogP contribution >= 0.6 is 23.2 Å². The molecule has 0 spiro atoms. The van der Waals surface area contributed by atoms with Crippen molar-refractivity contribution in [3.8, 4) is 5.75 Å². The van der Waals surface area contributed by atoms with E-state index in [1.807, 2.05) is 38.1 Å². The summed E-state index contributed by atoms with van der Waals surface area (Å²) < 4.78 is 5.22. The van der Waals surface area contributed by atoms with Crippen LogP contribution in [0.5, 0.6) is 5.75 Å². The van der Waals surface area contributed by atoms with Gasteiger partial charge in [0, 0.05) is 28.0 Å². The molecule has 2 N–H and O–H groups in total. The first-order valence-electron chi connectivity index (χ1n) is 11.7. The lowest BCUT2D eigenvalue weighted by atomic mass is 9.99. The average Bonchev–Trinajstić information content (AvgIpc) is 3.07. The Hall–Kier alpha value is -3.46. The minimum absolute atomic E-state index is 0.357. The van der Waals surface area contributed by atoms with Crippen LogP contribution in [0.25, 0.3) is 0 Å². The van der Waals surface area contributed by atoms with Gasteiger partial charge in [-0.1, -0.05) is 47.5 Å². The number of nitrogens with zero attached hydrogens (tertiary/aromatic N) is 3. The molecule has 1 fully saturated rings. The van der Waals surface area contributed by atoms with Gasteiger partial charge in [0.1, 0.15) is 5.75 Å². The number of hydroxylamine groups is 2. The van der Waals surface area contributed by atoms with Gasteiger partial charge in [-0.25, -0.2) is 9.59 Å². The summed E-state index contributed by atoms with van der Waals surface area (Å²) in [5.74, 6) is 0.746. The van der Waals surface area contributed by atoms with Crippen molar-refractivity contribution in [2.24, 2.45) is 0 Å². The van der Waals surface area contributed by atoms with Crippen LogP contribution in [0.2, 0.25) is 10.0 Å². The van der Waals surface area contributed by atoms with Gasteiger partial charge < -0.3 is 15.0 Å². The molecule has 4 amide bonds. The second-order valence-corrected chi connectivity index (χ2v) is 10.1.